The molecule has 0 aromatic heterocycles. The van der Waals surface area contributed by atoms with Crippen LogP contribution in [0.25, 0.3) is 0 Å². The topological polar surface area (TPSA) is 88.1 Å². The van der Waals surface area contributed by atoms with E-state index in [0.717, 1.165) is 51.4 Å². The molecule has 0 rings (SSSR count). The van der Waals surface area contributed by atoms with Crippen molar-refractivity contribution in [2.75, 3.05) is 19.8 Å². The summed E-state index contributed by atoms with van der Waals surface area (Å²) in [7, 11) is 0. The summed E-state index contributed by atoms with van der Waals surface area (Å²) in [5.41, 5.74) is 0. The highest BCUT2D eigenvalue weighted by Gasteiger charge is 2.20. The second kappa shape index (κ2) is 42.9. The zero-order valence-corrected chi connectivity index (χ0v) is 36.2. The molecule has 0 aliphatic rings. The lowest BCUT2D eigenvalue weighted by Crippen LogP contribution is -2.31. The normalized spacial score (nSPS) is 13.3. The second-order valence-electron chi connectivity index (χ2n) is 14.6. The van der Waals surface area contributed by atoms with Crippen molar-refractivity contribution in [1.29, 1.82) is 0 Å². The number of carbonyl (C=O) groups excluding carboxylic acids is 3. The van der Waals surface area contributed by atoms with Crippen molar-refractivity contribution in [3.05, 3.63) is 72.9 Å². The highest BCUT2D eigenvalue weighted by atomic mass is 16.6. The molecule has 0 saturated carbocycles. The lowest BCUT2D eigenvalue weighted by Gasteiger charge is -2.19. The van der Waals surface area contributed by atoms with Gasteiger partial charge in [0.15, 0.2) is 6.10 Å². The predicted octanol–water partition coefficient (Wildman–Crippen LogP) is 13.5. The van der Waals surface area contributed by atoms with E-state index in [9.17, 15) is 14.4 Å². The van der Waals surface area contributed by atoms with Crippen molar-refractivity contribution in [2.45, 2.75) is 200 Å². The van der Waals surface area contributed by atoms with Crippen molar-refractivity contribution < 1.29 is 33.3 Å². The zero-order chi connectivity index (χ0) is 41.0. The van der Waals surface area contributed by atoms with Gasteiger partial charge in [-0.3, -0.25) is 14.4 Å². The van der Waals surface area contributed by atoms with Gasteiger partial charge in [-0.15, -0.1) is 0 Å². The molecule has 7 nitrogen and oxygen atoms in total. The number of carbonyl (C=O) groups is 3. The Bertz CT molecular complexity index is 1100. The van der Waals surface area contributed by atoms with E-state index in [1.54, 1.807) is 0 Å². The molecule has 0 heterocycles. The van der Waals surface area contributed by atoms with E-state index in [-0.39, 0.29) is 32.0 Å². The number of ether oxygens (including phenoxy) is 4. The van der Waals surface area contributed by atoms with Crippen LogP contribution < -0.4 is 0 Å². The van der Waals surface area contributed by atoms with Crippen LogP contribution in [0.4, 0.5) is 0 Å². The van der Waals surface area contributed by atoms with Gasteiger partial charge in [-0.05, 0) is 57.8 Å². The van der Waals surface area contributed by atoms with Crippen LogP contribution in [0.3, 0.4) is 0 Å². The van der Waals surface area contributed by atoms with Crippen molar-refractivity contribution in [3.8, 4) is 0 Å². The van der Waals surface area contributed by atoms with Crippen molar-refractivity contribution >= 4 is 17.9 Å². The standard InChI is InChI=1S/C49H82O7/c1-5-8-10-12-14-16-18-20-22-23-24-25-26-28-30-32-34-36-38-40-48(51)56-47(44-54-49(52)42-46(7-3)55-45(4)50)43-53-41-39-37-35-33-31-29-27-21-19-17-15-13-11-9-6-2/h8,10,14,16,20,22,24-25,28,30,34,36,46-47H,5-7,9,11-13,15,17-19,21,23,26-27,29,31-33,35,37-44H2,1-4H3/b10-8-,16-14-,22-20-,25-24-,30-28-,36-34-. The van der Waals surface area contributed by atoms with Gasteiger partial charge in [0.25, 0.3) is 0 Å². The van der Waals surface area contributed by atoms with Crippen molar-refractivity contribution in [1.82, 2.24) is 0 Å². The summed E-state index contributed by atoms with van der Waals surface area (Å²) in [5, 5.41) is 0. The average Bonchev–Trinajstić information content (AvgIpc) is 3.18. The Morgan fingerprint density at radius 3 is 1.38 bits per heavy atom. The van der Waals surface area contributed by atoms with E-state index >= 15 is 0 Å². The van der Waals surface area contributed by atoms with Crippen LogP contribution in [-0.4, -0.2) is 49.9 Å². The summed E-state index contributed by atoms with van der Waals surface area (Å²) in [4.78, 5) is 36.5. The van der Waals surface area contributed by atoms with Crippen LogP contribution >= 0.6 is 0 Å². The Labute approximate surface area is 343 Å². The molecule has 0 bridgehead atoms. The summed E-state index contributed by atoms with van der Waals surface area (Å²) in [6, 6.07) is 0. The number of unbranched alkanes of at least 4 members (excludes halogenated alkanes) is 14. The fourth-order valence-electron chi connectivity index (χ4n) is 5.93. The van der Waals surface area contributed by atoms with Gasteiger partial charge in [0.2, 0.25) is 0 Å². The van der Waals surface area contributed by atoms with Gasteiger partial charge in [-0.25, -0.2) is 0 Å². The Kier molecular flexibility index (Phi) is 40.5. The molecule has 0 amide bonds. The third kappa shape index (κ3) is 40.5. The molecule has 2 atom stereocenters. The van der Waals surface area contributed by atoms with Gasteiger partial charge in [-0.2, -0.15) is 0 Å². The molecular weight excluding hydrogens is 701 g/mol. The molecule has 2 unspecified atom stereocenters. The molecule has 56 heavy (non-hydrogen) atoms. The molecular formula is C49H82O7. The smallest absolute Gasteiger partial charge is 0.309 e. The Balaban J connectivity index is 4.37. The van der Waals surface area contributed by atoms with Crippen molar-refractivity contribution in [3.63, 3.8) is 0 Å². The largest absolute Gasteiger partial charge is 0.462 e. The van der Waals surface area contributed by atoms with Crippen LogP contribution in [0, 0.1) is 0 Å². The van der Waals surface area contributed by atoms with E-state index in [1.807, 2.05) is 13.0 Å². The first-order valence-corrected chi connectivity index (χ1v) is 22.4. The summed E-state index contributed by atoms with van der Waals surface area (Å²) in [6.45, 7) is 8.22. The van der Waals surface area contributed by atoms with Gasteiger partial charge >= 0.3 is 17.9 Å². The molecule has 0 aliphatic carbocycles. The first kappa shape index (κ1) is 52.8. The number of hydrogen-bond donors (Lipinski definition) is 0. The van der Waals surface area contributed by atoms with Gasteiger partial charge in [0.05, 0.1) is 13.0 Å². The van der Waals surface area contributed by atoms with Crippen molar-refractivity contribution in [2.24, 2.45) is 0 Å². The van der Waals surface area contributed by atoms with Gasteiger partial charge in [-0.1, -0.05) is 184 Å². The second-order valence-corrected chi connectivity index (χ2v) is 14.6. The molecule has 7 heteroatoms. The highest BCUT2D eigenvalue weighted by Crippen LogP contribution is 2.14. The first-order valence-electron chi connectivity index (χ1n) is 22.4. The third-order valence-electron chi connectivity index (χ3n) is 9.22. The quantitative estimate of drug-likeness (QED) is 0.0265. The average molecular weight is 783 g/mol. The van der Waals surface area contributed by atoms with Crippen LogP contribution in [0.5, 0.6) is 0 Å². The summed E-state index contributed by atoms with van der Waals surface area (Å²) >= 11 is 0. The minimum absolute atomic E-state index is 0.0423. The molecule has 0 N–H and O–H groups in total. The number of hydrogen-bond acceptors (Lipinski definition) is 7. The fraction of sp³-hybridized carbons (Fsp3) is 0.694. The monoisotopic (exact) mass is 783 g/mol. The molecule has 0 aromatic rings. The van der Waals surface area contributed by atoms with Crippen LogP contribution in [0.15, 0.2) is 72.9 Å². The summed E-state index contributed by atoms with van der Waals surface area (Å²) in [6.07, 6.45) is 51.1. The lowest BCUT2D eigenvalue weighted by atomic mass is 10.0. The zero-order valence-electron chi connectivity index (χ0n) is 36.2. The maximum absolute atomic E-state index is 12.7. The summed E-state index contributed by atoms with van der Waals surface area (Å²) in [5.74, 6) is -1.29. The fourth-order valence-corrected chi connectivity index (χ4v) is 5.93. The van der Waals surface area contributed by atoms with Gasteiger partial charge in [0, 0.05) is 20.0 Å². The Hall–Kier alpha value is -3.19. The molecule has 0 aliphatic heterocycles. The highest BCUT2D eigenvalue weighted by molar-refractivity contribution is 5.72. The summed E-state index contributed by atoms with van der Waals surface area (Å²) < 4.78 is 22.1. The molecule has 320 valence electrons. The third-order valence-corrected chi connectivity index (χ3v) is 9.22. The van der Waals surface area contributed by atoms with E-state index < -0.39 is 24.1 Å². The predicted molar refractivity (Wildman–Crippen MR) is 234 cm³/mol. The number of esters is 3. The molecule has 0 radical (unpaired) electrons. The molecule has 0 spiro atoms. The molecule has 0 saturated heterocycles. The maximum Gasteiger partial charge on any atom is 0.309 e. The SMILES string of the molecule is CC/C=C\C/C=C\C/C=C\C/C=C\C/C=C\C/C=C\CCC(=O)OC(COCCCCCCCCCCCCCCCCC)COC(=O)CC(CC)OC(C)=O. The lowest BCUT2D eigenvalue weighted by molar-refractivity contribution is -0.165. The minimum Gasteiger partial charge on any atom is -0.462 e. The van der Waals surface area contributed by atoms with Crippen LogP contribution in [-0.2, 0) is 33.3 Å². The van der Waals surface area contributed by atoms with Gasteiger partial charge < -0.3 is 18.9 Å². The number of rotatable bonds is 39. The number of allylic oxidation sites excluding steroid dienone is 12. The molecule has 0 fully saturated rings. The Morgan fingerprint density at radius 1 is 0.482 bits per heavy atom. The minimum atomic E-state index is -0.693. The van der Waals surface area contributed by atoms with Crippen LogP contribution in [0.1, 0.15) is 188 Å². The molecule has 0 aromatic carbocycles. The maximum atomic E-state index is 12.7. The van der Waals surface area contributed by atoms with Crippen LogP contribution in [0.2, 0.25) is 0 Å². The van der Waals surface area contributed by atoms with E-state index in [1.165, 1.54) is 90.4 Å². The van der Waals surface area contributed by atoms with Gasteiger partial charge in [0.1, 0.15) is 12.7 Å². The van der Waals surface area contributed by atoms with E-state index in [2.05, 4.69) is 80.7 Å². The van der Waals surface area contributed by atoms with E-state index in [0.29, 0.717) is 19.4 Å². The Morgan fingerprint density at radius 2 is 0.929 bits per heavy atom. The first-order chi connectivity index (χ1) is 27.4. The van der Waals surface area contributed by atoms with E-state index in [4.69, 9.17) is 18.9 Å².